The van der Waals surface area contributed by atoms with Crippen molar-refractivity contribution in [3.8, 4) is 0 Å². The third kappa shape index (κ3) is 3.04. The Balaban J connectivity index is 1.58. The van der Waals surface area contributed by atoms with Crippen LogP contribution >= 0.6 is 0 Å². The predicted octanol–water partition coefficient (Wildman–Crippen LogP) is 1.10. The lowest BCUT2D eigenvalue weighted by Crippen LogP contribution is -2.47. The zero-order valence-electron chi connectivity index (χ0n) is 11.2. The Kier molecular flexibility index (Phi) is 3.94. The molecular formula is C14H21N3O2. The number of rotatable bonds is 4. The molecule has 0 amide bonds. The van der Waals surface area contributed by atoms with Gasteiger partial charge in [0.05, 0.1) is 37.4 Å². The van der Waals surface area contributed by atoms with Gasteiger partial charge in [-0.1, -0.05) is 12.8 Å². The van der Waals surface area contributed by atoms with Crippen molar-refractivity contribution in [2.24, 2.45) is 0 Å². The molecule has 5 heteroatoms. The van der Waals surface area contributed by atoms with Crippen LogP contribution in [0.2, 0.25) is 0 Å². The summed E-state index contributed by atoms with van der Waals surface area (Å²) in [7, 11) is 0. The molecule has 5 nitrogen and oxygen atoms in total. The number of nitrogens with one attached hydrogen (secondary N) is 1. The second-order valence-electron chi connectivity index (χ2n) is 5.45. The number of Topliss-reactive ketones (excluding diaryl/α,β-unsaturated/α-hetero) is 1. The predicted molar refractivity (Wildman–Crippen MR) is 71.1 cm³/mol. The number of ether oxygens (including phenoxy) is 1. The Labute approximate surface area is 113 Å². The quantitative estimate of drug-likeness (QED) is 0.883. The van der Waals surface area contributed by atoms with Gasteiger partial charge in [0.15, 0.2) is 5.78 Å². The molecule has 1 aliphatic heterocycles. The van der Waals surface area contributed by atoms with Crippen molar-refractivity contribution in [1.82, 2.24) is 15.1 Å². The molecule has 0 aromatic carbocycles. The Morgan fingerprint density at radius 1 is 1.47 bits per heavy atom. The lowest BCUT2D eigenvalue weighted by molar-refractivity contribution is -0.123. The molecule has 1 aromatic rings. The molecular weight excluding hydrogens is 242 g/mol. The third-order valence-corrected chi connectivity index (χ3v) is 4.03. The van der Waals surface area contributed by atoms with E-state index in [4.69, 9.17) is 4.74 Å². The molecule has 104 valence electrons. The van der Waals surface area contributed by atoms with Gasteiger partial charge in [-0.25, -0.2) is 0 Å². The number of morpholine rings is 1. The van der Waals surface area contributed by atoms with Crippen LogP contribution in [0, 0.1) is 0 Å². The van der Waals surface area contributed by atoms with Crippen LogP contribution in [-0.2, 0) is 16.0 Å². The molecule has 1 aromatic heterocycles. The van der Waals surface area contributed by atoms with Crippen LogP contribution in [0.1, 0.15) is 37.4 Å². The number of carbonyl (C=O) groups is 1. The normalized spacial score (nSPS) is 24.7. The summed E-state index contributed by atoms with van der Waals surface area (Å²) in [5.74, 6) is 0.177. The average Bonchev–Trinajstić information content (AvgIpc) is 3.10. The first kappa shape index (κ1) is 12.8. The highest BCUT2D eigenvalue weighted by atomic mass is 16.5. The lowest BCUT2D eigenvalue weighted by Gasteiger charge is -2.22. The number of aromatic nitrogens is 2. The van der Waals surface area contributed by atoms with Crippen LogP contribution in [0.3, 0.4) is 0 Å². The zero-order valence-corrected chi connectivity index (χ0v) is 11.2. The SMILES string of the molecule is O=C(Cc1ccn(C2CCCC2)n1)C1COCCN1. The highest BCUT2D eigenvalue weighted by Crippen LogP contribution is 2.28. The van der Waals surface area contributed by atoms with E-state index in [2.05, 4.69) is 10.4 Å². The zero-order chi connectivity index (χ0) is 13.1. The van der Waals surface area contributed by atoms with Gasteiger partial charge < -0.3 is 10.1 Å². The molecule has 0 spiro atoms. The molecule has 19 heavy (non-hydrogen) atoms. The minimum atomic E-state index is -0.162. The van der Waals surface area contributed by atoms with E-state index in [9.17, 15) is 4.79 Å². The smallest absolute Gasteiger partial charge is 0.158 e. The monoisotopic (exact) mass is 263 g/mol. The summed E-state index contributed by atoms with van der Waals surface area (Å²) in [6, 6.07) is 2.35. The molecule has 2 fully saturated rings. The molecule has 2 aliphatic rings. The van der Waals surface area contributed by atoms with E-state index in [0.717, 1.165) is 12.2 Å². The van der Waals surface area contributed by atoms with Gasteiger partial charge in [-0.15, -0.1) is 0 Å². The summed E-state index contributed by atoms with van der Waals surface area (Å²) in [6.07, 6.45) is 7.44. The first-order valence-corrected chi connectivity index (χ1v) is 7.21. The summed E-state index contributed by atoms with van der Waals surface area (Å²) in [4.78, 5) is 12.1. The number of ketones is 1. The standard InChI is InChI=1S/C14H21N3O2/c18-14(13-10-19-8-6-15-13)9-11-5-7-17(16-11)12-3-1-2-4-12/h5,7,12-13,15H,1-4,6,8-10H2. The molecule has 0 bridgehead atoms. The molecule has 0 radical (unpaired) electrons. The molecule has 1 unspecified atom stereocenters. The number of nitrogens with zero attached hydrogens (tertiary/aromatic N) is 2. The second kappa shape index (κ2) is 5.84. The van der Waals surface area contributed by atoms with Gasteiger partial charge in [-0.05, 0) is 18.9 Å². The van der Waals surface area contributed by atoms with Gasteiger partial charge in [0.1, 0.15) is 0 Å². The van der Waals surface area contributed by atoms with E-state index < -0.39 is 0 Å². The number of hydrogen-bond acceptors (Lipinski definition) is 4. The fourth-order valence-electron chi connectivity index (χ4n) is 2.92. The van der Waals surface area contributed by atoms with Crippen molar-refractivity contribution in [1.29, 1.82) is 0 Å². The van der Waals surface area contributed by atoms with E-state index >= 15 is 0 Å². The van der Waals surface area contributed by atoms with Crippen LogP contribution in [0.25, 0.3) is 0 Å². The molecule has 3 rings (SSSR count). The van der Waals surface area contributed by atoms with Crippen molar-refractivity contribution in [2.75, 3.05) is 19.8 Å². The van der Waals surface area contributed by atoms with Crippen molar-refractivity contribution in [3.63, 3.8) is 0 Å². The third-order valence-electron chi connectivity index (χ3n) is 4.03. The van der Waals surface area contributed by atoms with Gasteiger partial charge in [-0.2, -0.15) is 5.10 Å². The van der Waals surface area contributed by atoms with E-state index in [1.165, 1.54) is 25.7 Å². The van der Waals surface area contributed by atoms with Crippen LogP contribution in [0.5, 0.6) is 0 Å². The largest absolute Gasteiger partial charge is 0.378 e. The minimum Gasteiger partial charge on any atom is -0.378 e. The maximum absolute atomic E-state index is 12.1. The van der Waals surface area contributed by atoms with E-state index in [1.807, 2.05) is 16.9 Å². The molecule has 2 heterocycles. The first-order valence-electron chi connectivity index (χ1n) is 7.21. The highest BCUT2D eigenvalue weighted by molar-refractivity contribution is 5.86. The van der Waals surface area contributed by atoms with Gasteiger partial charge >= 0.3 is 0 Å². The number of hydrogen-bond donors (Lipinski definition) is 1. The Hall–Kier alpha value is -1.20. The van der Waals surface area contributed by atoms with Crippen LogP contribution in [-0.4, -0.2) is 41.4 Å². The Bertz CT molecular complexity index is 432. The molecule has 1 saturated carbocycles. The van der Waals surface area contributed by atoms with Crippen molar-refractivity contribution in [2.45, 2.75) is 44.2 Å². The Morgan fingerprint density at radius 3 is 3.05 bits per heavy atom. The summed E-state index contributed by atoms with van der Waals surface area (Å²) in [6.45, 7) is 1.94. The van der Waals surface area contributed by atoms with E-state index in [1.54, 1.807) is 0 Å². The van der Waals surface area contributed by atoms with E-state index in [-0.39, 0.29) is 11.8 Å². The van der Waals surface area contributed by atoms with Crippen molar-refractivity contribution >= 4 is 5.78 Å². The van der Waals surface area contributed by atoms with Crippen LogP contribution in [0.4, 0.5) is 0 Å². The minimum absolute atomic E-state index is 0.162. The van der Waals surface area contributed by atoms with Crippen molar-refractivity contribution in [3.05, 3.63) is 18.0 Å². The summed E-state index contributed by atoms with van der Waals surface area (Å²) >= 11 is 0. The Morgan fingerprint density at radius 2 is 2.32 bits per heavy atom. The van der Waals surface area contributed by atoms with Crippen molar-refractivity contribution < 1.29 is 9.53 Å². The molecule has 1 saturated heterocycles. The highest BCUT2D eigenvalue weighted by Gasteiger charge is 2.23. The summed E-state index contributed by atoms with van der Waals surface area (Å²) in [5, 5.41) is 7.75. The average molecular weight is 263 g/mol. The fraction of sp³-hybridized carbons (Fsp3) is 0.714. The molecule has 1 N–H and O–H groups in total. The lowest BCUT2D eigenvalue weighted by atomic mass is 10.1. The molecule has 1 aliphatic carbocycles. The summed E-state index contributed by atoms with van der Waals surface area (Å²) < 4.78 is 7.36. The van der Waals surface area contributed by atoms with Gasteiger partial charge in [-0.3, -0.25) is 9.48 Å². The maximum atomic E-state index is 12.1. The van der Waals surface area contributed by atoms with Crippen LogP contribution < -0.4 is 5.32 Å². The van der Waals surface area contributed by atoms with Crippen LogP contribution in [0.15, 0.2) is 12.3 Å². The molecule has 1 atom stereocenters. The van der Waals surface area contributed by atoms with E-state index in [0.29, 0.717) is 25.7 Å². The summed E-state index contributed by atoms with van der Waals surface area (Å²) in [5.41, 5.74) is 0.879. The maximum Gasteiger partial charge on any atom is 0.158 e. The van der Waals surface area contributed by atoms with Gasteiger partial charge in [0.2, 0.25) is 0 Å². The van der Waals surface area contributed by atoms with Gasteiger partial charge in [0.25, 0.3) is 0 Å². The fourth-order valence-corrected chi connectivity index (χ4v) is 2.92. The number of carbonyl (C=O) groups excluding carboxylic acids is 1. The topological polar surface area (TPSA) is 56.2 Å². The first-order chi connectivity index (χ1) is 9.33. The van der Waals surface area contributed by atoms with Gasteiger partial charge in [0, 0.05) is 12.7 Å². The second-order valence-corrected chi connectivity index (χ2v) is 5.45.